The minimum Gasteiger partial charge on any atom is -0.368 e. The number of anilines is 1. The maximum atomic E-state index is 12.1. The minimum absolute atomic E-state index is 0.276. The number of halogens is 1. The lowest BCUT2D eigenvalue weighted by atomic mass is 10.2. The van der Waals surface area contributed by atoms with Crippen molar-refractivity contribution in [3.05, 3.63) is 29.3 Å². The third-order valence-electron chi connectivity index (χ3n) is 4.01. The van der Waals surface area contributed by atoms with Crippen LogP contribution in [0.4, 0.5) is 10.5 Å². The molecule has 2 N–H and O–H groups in total. The largest absolute Gasteiger partial charge is 0.368 e. The zero-order valence-electron chi connectivity index (χ0n) is 13.5. The Kier molecular flexibility index (Phi) is 6.24. The van der Waals surface area contributed by atoms with E-state index in [0.717, 1.165) is 36.9 Å². The molecule has 0 radical (unpaired) electrons. The number of hydrogen-bond donors (Lipinski definition) is 2. The van der Waals surface area contributed by atoms with E-state index >= 15 is 0 Å². The molecule has 1 aliphatic heterocycles. The molecule has 1 saturated heterocycles. The van der Waals surface area contributed by atoms with E-state index in [1.54, 1.807) is 6.92 Å². The fourth-order valence-electron chi connectivity index (χ4n) is 2.65. The van der Waals surface area contributed by atoms with Gasteiger partial charge in [-0.25, -0.2) is 4.79 Å². The lowest BCUT2D eigenvalue weighted by molar-refractivity contribution is -0.124. The van der Waals surface area contributed by atoms with E-state index < -0.39 is 6.03 Å². The average Bonchev–Trinajstić information content (AvgIpc) is 2.55. The van der Waals surface area contributed by atoms with Gasteiger partial charge in [0.25, 0.3) is 0 Å². The molecule has 0 bridgehead atoms. The van der Waals surface area contributed by atoms with Crippen molar-refractivity contribution in [3.8, 4) is 0 Å². The van der Waals surface area contributed by atoms with Crippen LogP contribution in [-0.2, 0) is 4.79 Å². The highest BCUT2D eigenvalue weighted by molar-refractivity contribution is 6.33. The standard InChI is InChI=1S/C16H23ClN4O2/c1-3-18-16(23)19-15(22)12(2)20-8-10-21(11-9-20)14-7-5-4-6-13(14)17/h4-7,12H,3,8-11H2,1-2H3,(H2,18,19,22,23)/t12-/m1/s1. The quantitative estimate of drug-likeness (QED) is 0.877. The molecule has 1 fully saturated rings. The number of nitrogens with one attached hydrogen (secondary N) is 2. The van der Waals surface area contributed by atoms with Crippen LogP contribution >= 0.6 is 11.6 Å². The predicted octanol–water partition coefficient (Wildman–Crippen LogP) is 1.70. The summed E-state index contributed by atoms with van der Waals surface area (Å²) in [5, 5.41) is 5.66. The SMILES string of the molecule is CCNC(=O)NC(=O)[C@@H](C)N1CCN(c2ccccc2Cl)CC1. The first kappa shape index (κ1) is 17.6. The summed E-state index contributed by atoms with van der Waals surface area (Å²) in [5.41, 5.74) is 1.02. The van der Waals surface area contributed by atoms with Crippen LogP contribution in [0.25, 0.3) is 0 Å². The third-order valence-corrected chi connectivity index (χ3v) is 4.33. The Morgan fingerprint density at radius 2 is 1.87 bits per heavy atom. The summed E-state index contributed by atoms with van der Waals surface area (Å²) in [7, 11) is 0. The minimum atomic E-state index is -0.445. The molecule has 1 heterocycles. The number of urea groups is 1. The fraction of sp³-hybridized carbons (Fsp3) is 0.500. The number of para-hydroxylation sites is 1. The van der Waals surface area contributed by atoms with Gasteiger partial charge in [0.1, 0.15) is 0 Å². The summed E-state index contributed by atoms with van der Waals surface area (Å²) in [6.07, 6.45) is 0. The Balaban J connectivity index is 1.87. The Bertz CT molecular complexity index is 559. The van der Waals surface area contributed by atoms with Crippen LogP contribution in [-0.4, -0.2) is 55.6 Å². The summed E-state index contributed by atoms with van der Waals surface area (Å²) >= 11 is 6.23. The van der Waals surface area contributed by atoms with Crippen LogP contribution in [0.1, 0.15) is 13.8 Å². The van der Waals surface area contributed by atoms with Gasteiger partial charge < -0.3 is 10.2 Å². The van der Waals surface area contributed by atoms with Crippen molar-refractivity contribution in [2.24, 2.45) is 0 Å². The number of benzene rings is 1. The molecule has 2 rings (SSSR count). The molecule has 126 valence electrons. The molecule has 3 amide bonds. The average molecular weight is 339 g/mol. The van der Waals surface area contributed by atoms with Crippen LogP contribution in [0.3, 0.4) is 0 Å². The van der Waals surface area contributed by atoms with Gasteiger partial charge in [0.05, 0.1) is 16.8 Å². The predicted molar refractivity (Wildman–Crippen MR) is 91.9 cm³/mol. The van der Waals surface area contributed by atoms with Crippen LogP contribution in [0, 0.1) is 0 Å². The van der Waals surface area contributed by atoms with Gasteiger partial charge in [0.15, 0.2) is 0 Å². The fourth-order valence-corrected chi connectivity index (χ4v) is 2.90. The smallest absolute Gasteiger partial charge is 0.321 e. The van der Waals surface area contributed by atoms with Crippen molar-refractivity contribution in [2.45, 2.75) is 19.9 Å². The molecule has 6 nitrogen and oxygen atoms in total. The second-order valence-electron chi connectivity index (χ2n) is 5.50. The molecule has 7 heteroatoms. The molecule has 0 saturated carbocycles. The van der Waals surface area contributed by atoms with E-state index in [9.17, 15) is 9.59 Å². The summed E-state index contributed by atoms with van der Waals surface area (Å²) in [6, 6.07) is 6.98. The maximum Gasteiger partial charge on any atom is 0.321 e. The van der Waals surface area contributed by atoms with E-state index in [2.05, 4.69) is 20.4 Å². The van der Waals surface area contributed by atoms with Gasteiger partial charge in [0.2, 0.25) is 5.91 Å². The molecule has 0 aromatic heterocycles. The van der Waals surface area contributed by atoms with Gasteiger partial charge in [0, 0.05) is 32.7 Å². The summed E-state index contributed by atoms with van der Waals surface area (Å²) in [5.74, 6) is -0.276. The number of carbonyl (C=O) groups is 2. The second kappa shape index (κ2) is 8.17. The Labute approximate surface area is 141 Å². The van der Waals surface area contributed by atoms with Crippen molar-refractivity contribution >= 4 is 29.2 Å². The molecule has 1 atom stereocenters. The molecule has 1 aliphatic rings. The van der Waals surface area contributed by atoms with Gasteiger partial charge in [-0.05, 0) is 26.0 Å². The van der Waals surface area contributed by atoms with Gasteiger partial charge in [-0.3, -0.25) is 15.0 Å². The molecule has 0 unspecified atom stereocenters. The molecule has 1 aromatic carbocycles. The highest BCUT2D eigenvalue weighted by Crippen LogP contribution is 2.26. The number of imide groups is 1. The van der Waals surface area contributed by atoms with Gasteiger partial charge in [-0.2, -0.15) is 0 Å². The van der Waals surface area contributed by atoms with Crippen molar-refractivity contribution in [1.29, 1.82) is 0 Å². The summed E-state index contributed by atoms with van der Waals surface area (Å²) in [6.45, 7) is 7.20. The highest BCUT2D eigenvalue weighted by atomic mass is 35.5. The zero-order chi connectivity index (χ0) is 16.8. The van der Waals surface area contributed by atoms with Crippen molar-refractivity contribution in [3.63, 3.8) is 0 Å². The first-order valence-electron chi connectivity index (χ1n) is 7.85. The number of rotatable bonds is 4. The molecule has 0 spiro atoms. The topological polar surface area (TPSA) is 64.7 Å². The van der Waals surface area contributed by atoms with Crippen molar-refractivity contribution in [1.82, 2.24) is 15.5 Å². The van der Waals surface area contributed by atoms with Crippen LogP contribution in [0.15, 0.2) is 24.3 Å². The Morgan fingerprint density at radius 1 is 1.22 bits per heavy atom. The lowest BCUT2D eigenvalue weighted by Crippen LogP contribution is -2.55. The summed E-state index contributed by atoms with van der Waals surface area (Å²) in [4.78, 5) is 27.8. The number of piperazine rings is 1. The number of amides is 3. The monoisotopic (exact) mass is 338 g/mol. The first-order valence-corrected chi connectivity index (χ1v) is 8.23. The van der Waals surface area contributed by atoms with Crippen molar-refractivity contribution < 1.29 is 9.59 Å². The van der Waals surface area contributed by atoms with E-state index in [1.165, 1.54) is 0 Å². The van der Waals surface area contributed by atoms with Crippen LogP contribution < -0.4 is 15.5 Å². The number of carbonyl (C=O) groups excluding carboxylic acids is 2. The van der Waals surface area contributed by atoms with E-state index in [4.69, 9.17) is 11.6 Å². The Hall–Kier alpha value is -1.79. The Morgan fingerprint density at radius 3 is 2.48 bits per heavy atom. The summed E-state index contributed by atoms with van der Waals surface area (Å²) < 4.78 is 0. The zero-order valence-corrected chi connectivity index (χ0v) is 14.3. The van der Waals surface area contributed by atoms with Crippen molar-refractivity contribution in [2.75, 3.05) is 37.6 Å². The molecule has 1 aromatic rings. The maximum absolute atomic E-state index is 12.1. The second-order valence-corrected chi connectivity index (χ2v) is 5.91. The molecule has 0 aliphatic carbocycles. The number of hydrogen-bond acceptors (Lipinski definition) is 4. The van der Waals surface area contributed by atoms with E-state index in [1.807, 2.05) is 31.2 Å². The van der Waals surface area contributed by atoms with E-state index in [0.29, 0.717) is 6.54 Å². The van der Waals surface area contributed by atoms with Gasteiger partial charge in [-0.15, -0.1) is 0 Å². The van der Waals surface area contributed by atoms with Crippen LogP contribution in [0.5, 0.6) is 0 Å². The van der Waals surface area contributed by atoms with Gasteiger partial charge >= 0.3 is 6.03 Å². The molecule has 23 heavy (non-hydrogen) atoms. The third kappa shape index (κ3) is 4.59. The van der Waals surface area contributed by atoms with E-state index in [-0.39, 0.29) is 11.9 Å². The highest BCUT2D eigenvalue weighted by Gasteiger charge is 2.27. The normalized spacial score (nSPS) is 16.7. The molecular formula is C16H23ClN4O2. The van der Waals surface area contributed by atoms with Gasteiger partial charge in [-0.1, -0.05) is 23.7 Å². The van der Waals surface area contributed by atoms with Crippen LogP contribution in [0.2, 0.25) is 5.02 Å². The first-order chi connectivity index (χ1) is 11.0. The molecular weight excluding hydrogens is 316 g/mol. The lowest BCUT2D eigenvalue weighted by Gasteiger charge is -2.38. The number of nitrogens with zero attached hydrogens (tertiary/aromatic N) is 2.